The van der Waals surface area contributed by atoms with Crippen molar-refractivity contribution >= 4 is 18.7 Å². The molecule has 0 heterocycles. The third-order valence-corrected chi connectivity index (χ3v) is 1.46. The maximum Gasteiger partial charge on any atom is 0.407 e. The molecular weight excluding hydrogens is 214 g/mol. The lowest BCUT2D eigenvalue weighted by molar-refractivity contribution is -0.109. The van der Waals surface area contributed by atoms with Crippen molar-refractivity contribution in [2.24, 2.45) is 0 Å². The van der Waals surface area contributed by atoms with Crippen LogP contribution in [-0.2, 0) is 19.1 Å². The van der Waals surface area contributed by atoms with Gasteiger partial charge in [0.05, 0.1) is 13.2 Å². The molecule has 0 spiro atoms. The Morgan fingerprint density at radius 1 is 1.25 bits per heavy atom. The quantitative estimate of drug-likeness (QED) is 0.282. The van der Waals surface area contributed by atoms with Gasteiger partial charge in [0.2, 0.25) is 0 Å². The second-order valence-electron chi connectivity index (χ2n) is 2.69. The number of hydrogen-bond acceptors (Lipinski definition) is 5. The third kappa shape index (κ3) is 7.54. The maximum atomic E-state index is 10.8. The van der Waals surface area contributed by atoms with Crippen molar-refractivity contribution in [1.82, 2.24) is 5.32 Å². The normalized spacial score (nSPS) is 10.4. The number of alkyl carbamates (subject to hydrolysis) is 1. The van der Waals surface area contributed by atoms with Crippen LogP contribution in [0, 0.1) is 0 Å². The van der Waals surface area contributed by atoms with E-state index in [9.17, 15) is 14.4 Å². The Balaban J connectivity index is 3.52. The van der Waals surface area contributed by atoms with E-state index in [1.165, 1.54) is 0 Å². The van der Waals surface area contributed by atoms with E-state index in [0.717, 1.165) is 6.08 Å². The lowest BCUT2D eigenvalue weighted by atomic mass is 10.4. The van der Waals surface area contributed by atoms with Crippen molar-refractivity contribution < 1.29 is 23.9 Å². The maximum absolute atomic E-state index is 10.8. The molecule has 0 aliphatic carbocycles. The number of hydrogen-bond donors (Lipinski definition) is 1. The Morgan fingerprint density at radius 3 is 2.50 bits per heavy atom. The van der Waals surface area contributed by atoms with Crippen molar-refractivity contribution in [1.29, 1.82) is 0 Å². The molecule has 90 valence electrons. The monoisotopic (exact) mass is 229 g/mol. The molecule has 0 rings (SSSR count). The zero-order chi connectivity index (χ0) is 12.2. The summed E-state index contributed by atoms with van der Waals surface area (Å²) < 4.78 is 9.67. The summed E-state index contributed by atoms with van der Waals surface area (Å²) in [5.41, 5.74) is 0. The Kier molecular flexibility index (Phi) is 8.57. The van der Waals surface area contributed by atoms with Gasteiger partial charge < -0.3 is 14.8 Å². The summed E-state index contributed by atoms with van der Waals surface area (Å²) in [5, 5.41) is 2.46. The highest BCUT2D eigenvalue weighted by Crippen LogP contribution is 1.94. The van der Waals surface area contributed by atoms with Gasteiger partial charge in [-0.25, -0.2) is 4.79 Å². The first-order valence-electron chi connectivity index (χ1n) is 4.88. The van der Waals surface area contributed by atoms with Crippen LogP contribution in [0.1, 0.15) is 13.3 Å². The number of carbonyl (C=O) groups is 3. The van der Waals surface area contributed by atoms with Gasteiger partial charge >= 0.3 is 6.09 Å². The van der Waals surface area contributed by atoms with Gasteiger partial charge in [0.25, 0.3) is 0 Å². The lowest BCUT2D eigenvalue weighted by Crippen LogP contribution is -2.24. The highest BCUT2D eigenvalue weighted by atomic mass is 16.5. The van der Waals surface area contributed by atoms with E-state index >= 15 is 0 Å². The molecule has 1 N–H and O–H groups in total. The first-order chi connectivity index (χ1) is 7.74. The highest BCUT2D eigenvalue weighted by Gasteiger charge is 1.99. The minimum atomic E-state index is -0.485. The molecule has 0 saturated heterocycles. The molecule has 0 aromatic heterocycles. The first-order valence-corrected chi connectivity index (χ1v) is 4.88. The van der Waals surface area contributed by atoms with Crippen molar-refractivity contribution in [2.75, 3.05) is 19.8 Å². The fourth-order valence-electron chi connectivity index (χ4n) is 0.798. The van der Waals surface area contributed by atoms with E-state index < -0.39 is 6.09 Å². The summed E-state index contributed by atoms with van der Waals surface area (Å²) in [7, 11) is 0. The minimum Gasteiger partial charge on any atom is -0.490 e. The number of nitrogens with one attached hydrogen (secondary N) is 1. The molecular formula is C10H15NO5. The predicted octanol–water partition coefficient (Wildman–Crippen LogP) is 0.421. The largest absolute Gasteiger partial charge is 0.490 e. The molecule has 0 aromatic carbocycles. The Labute approximate surface area is 93.6 Å². The number of ether oxygens (including phenoxy) is 2. The average Bonchev–Trinajstić information content (AvgIpc) is 2.27. The first kappa shape index (κ1) is 14.2. The minimum absolute atomic E-state index is 0.0343. The van der Waals surface area contributed by atoms with Gasteiger partial charge in [-0.2, -0.15) is 0 Å². The summed E-state index contributed by atoms with van der Waals surface area (Å²) >= 11 is 0. The molecule has 0 saturated carbocycles. The SMILES string of the molecule is CCNC(=O)OCCCO/C(C=O)=C\C=O. The molecule has 0 aromatic rings. The fraction of sp³-hybridized carbons (Fsp3) is 0.500. The van der Waals surface area contributed by atoms with E-state index in [1.54, 1.807) is 6.92 Å². The van der Waals surface area contributed by atoms with Crippen LogP contribution >= 0.6 is 0 Å². The summed E-state index contributed by atoms with van der Waals surface area (Å²) in [6.07, 6.45) is 1.90. The van der Waals surface area contributed by atoms with E-state index in [4.69, 9.17) is 9.47 Å². The van der Waals surface area contributed by atoms with Gasteiger partial charge in [-0.15, -0.1) is 0 Å². The van der Waals surface area contributed by atoms with Gasteiger partial charge in [0, 0.05) is 19.0 Å². The van der Waals surface area contributed by atoms with E-state index in [2.05, 4.69) is 5.32 Å². The van der Waals surface area contributed by atoms with Crippen LogP contribution in [-0.4, -0.2) is 38.4 Å². The number of allylic oxidation sites excluding steroid dienone is 2. The van der Waals surface area contributed by atoms with Crippen molar-refractivity contribution in [3.63, 3.8) is 0 Å². The van der Waals surface area contributed by atoms with Crippen LogP contribution in [0.2, 0.25) is 0 Å². The Morgan fingerprint density at radius 2 is 1.94 bits per heavy atom. The van der Waals surface area contributed by atoms with Crippen LogP contribution in [0.15, 0.2) is 11.8 Å². The summed E-state index contributed by atoms with van der Waals surface area (Å²) in [5.74, 6) is -0.0343. The third-order valence-electron chi connectivity index (χ3n) is 1.46. The lowest BCUT2D eigenvalue weighted by Gasteiger charge is -2.06. The molecule has 0 fully saturated rings. The van der Waals surface area contributed by atoms with Crippen LogP contribution in [0.25, 0.3) is 0 Å². The fourth-order valence-corrected chi connectivity index (χ4v) is 0.798. The molecule has 16 heavy (non-hydrogen) atoms. The van der Waals surface area contributed by atoms with E-state index in [1.807, 2.05) is 0 Å². The second-order valence-corrected chi connectivity index (χ2v) is 2.69. The van der Waals surface area contributed by atoms with Crippen LogP contribution < -0.4 is 5.32 Å². The van der Waals surface area contributed by atoms with Gasteiger partial charge in [0.15, 0.2) is 12.0 Å². The Bertz CT molecular complexity index is 262. The average molecular weight is 229 g/mol. The van der Waals surface area contributed by atoms with Gasteiger partial charge in [-0.3, -0.25) is 9.59 Å². The van der Waals surface area contributed by atoms with Crippen molar-refractivity contribution in [3.8, 4) is 0 Å². The predicted molar refractivity (Wildman–Crippen MR) is 55.8 cm³/mol. The highest BCUT2D eigenvalue weighted by molar-refractivity contribution is 5.79. The molecule has 0 unspecified atom stereocenters. The van der Waals surface area contributed by atoms with E-state index in [-0.39, 0.29) is 19.0 Å². The summed E-state index contributed by atoms with van der Waals surface area (Å²) in [6, 6.07) is 0. The van der Waals surface area contributed by atoms with Gasteiger partial charge in [-0.1, -0.05) is 0 Å². The van der Waals surface area contributed by atoms with Gasteiger partial charge in [-0.05, 0) is 6.92 Å². The summed E-state index contributed by atoms with van der Waals surface area (Å²) in [4.78, 5) is 31.1. The number of amides is 1. The number of carbonyl (C=O) groups excluding carboxylic acids is 3. The smallest absolute Gasteiger partial charge is 0.407 e. The van der Waals surface area contributed by atoms with Gasteiger partial charge in [0.1, 0.15) is 6.29 Å². The Hall–Kier alpha value is -1.85. The molecule has 0 atom stereocenters. The topological polar surface area (TPSA) is 81.7 Å². The van der Waals surface area contributed by atoms with Crippen LogP contribution in [0.5, 0.6) is 0 Å². The molecule has 0 bridgehead atoms. The molecule has 0 aliphatic rings. The van der Waals surface area contributed by atoms with Crippen molar-refractivity contribution in [2.45, 2.75) is 13.3 Å². The molecule has 1 amide bonds. The zero-order valence-electron chi connectivity index (χ0n) is 9.10. The molecule has 0 aliphatic heterocycles. The standard InChI is InChI=1S/C10H15NO5/c1-2-11-10(14)16-7-3-6-15-9(8-13)4-5-12/h4-5,8H,2-3,6-7H2,1H3,(H,11,14)/b9-4-. The molecule has 6 heteroatoms. The number of aldehydes is 2. The van der Waals surface area contributed by atoms with Crippen LogP contribution in [0.4, 0.5) is 4.79 Å². The molecule has 6 nitrogen and oxygen atoms in total. The second kappa shape index (κ2) is 9.70. The van der Waals surface area contributed by atoms with Crippen molar-refractivity contribution in [3.05, 3.63) is 11.8 Å². The number of rotatable bonds is 8. The van der Waals surface area contributed by atoms with Crippen LogP contribution in [0.3, 0.4) is 0 Å². The molecule has 0 radical (unpaired) electrons. The summed E-state index contributed by atoms with van der Waals surface area (Å²) in [6.45, 7) is 2.69. The zero-order valence-corrected chi connectivity index (χ0v) is 9.10. The van der Waals surface area contributed by atoms with E-state index in [0.29, 0.717) is 25.5 Å².